The molecule has 0 saturated heterocycles. The maximum atomic E-state index is 14.1. The first-order valence-corrected chi connectivity index (χ1v) is 12.9. The topological polar surface area (TPSA) is 113 Å². The number of amides is 3. The third-order valence-electron chi connectivity index (χ3n) is 6.23. The number of nitrogens with zero attached hydrogens (tertiary/aromatic N) is 3. The Hall–Kier alpha value is -4.57. The van der Waals surface area contributed by atoms with Crippen LogP contribution in [-0.2, 0) is 22.7 Å². The molecule has 1 aromatic heterocycles. The Bertz CT molecular complexity index is 1570. The van der Waals surface area contributed by atoms with Crippen LogP contribution in [0.1, 0.15) is 40.3 Å². The van der Waals surface area contributed by atoms with Crippen LogP contribution in [0.2, 0.25) is 5.02 Å². The van der Waals surface area contributed by atoms with Gasteiger partial charge in [0.15, 0.2) is 6.29 Å². The molecule has 2 N–H and O–H groups in total. The molecule has 206 valence electrons. The second-order valence-corrected chi connectivity index (χ2v) is 9.73. The highest BCUT2D eigenvalue weighted by Crippen LogP contribution is 2.21. The first kappa shape index (κ1) is 28.4. The minimum absolute atomic E-state index is 0.0455. The summed E-state index contributed by atoms with van der Waals surface area (Å²) in [6.45, 7) is 2.93. The van der Waals surface area contributed by atoms with Gasteiger partial charge in [-0.1, -0.05) is 41.9 Å². The molecule has 0 spiro atoms. The molecule has 0 aliphatic carbocycles. The Morgan fingerprint density at radius 3 is 2.52 bits per heavy atom. The van der Waals surface area contributed by atoms with Crippen LogP contribution in [0.4, 0.5) is 10.1 Å². The number of aldehydes is 1. The predicted molar refractivity (Wildman–Crippen MR) is 150 cm³/mol. The summed E-state index contributed by atoms with van der Waals surface area (Å²) in [5, 5.41) is 10.0. The smallest absolute Gasteiger partial charge is 0.255 e. The van der Waals surface area contributed by atoms with Gasteiger partial charge in [-0.2, -0.15) is 5.10 Å². The van der Waals surface area contributed by atoms with Gasteiger partial charge in [0, 0.05) is 34.8 Å². The van der Waals surface area contributed by atoms with E-state index in [0.29, 0.717) is 28.4 Å². The molecule has 3 amide bonds. The summed E-state index contributed by atoms with van der Waals surface area (Å²) in [4.78, 5) is 51.7. The van der Waals surface area contributed by atoms with Gasteiger partial charge >= 0.3 is 0 Å². The number of benzene rings is 3. The van der Waals surface area contributed by atoms with Crippen molar-refractivity contribution in [2.75, 3.05) is 11.9 Å². The van der Waals surface area contributed by atoms with E-state index in [9.17, 15) is 23.6 Å². The SMILES string of the molecule is CC(C)N(CC(=O)NCc1cccc(Cl)c1F)C(=O)Cn1nc(C=O)c2cc(C(=O)Nc3ccccc3)ccc21. The monoisotopic (exact) mass is 563 g/mol. The maximum absolute atomic E-state index is 14.1. The lowest BCUT2D eigenvalue weighted by atomic mass is 10.1. The molecular formula is C29H27ClFN5O4. The van der Waals surface area contributed by atoms with Crippen LogP contribution >= 0.6 is 11.6 Å². The summed E-state index contributed by atoms with van der Waals surface area (Å²) in [5.74, 6) is -1.86. The number of aromatic nitrogens is 2. The van der Waals surface area contributed by atoms with Crippen LogP contribution in [0, 0.1) is 5.82 Å². The van der Waals surface area contributed by atoms with Crippen molar-refractivity contribution in [3.63, 3.8) is 0 Å². The first-order valence-electron chi connectivity index (χ1n) is 12.5. The van der Waals surface area contributed by atoms with Gasteiger partial charge in [0.1, 0.15) is 18.1 Å². The molecule has 0 bridgehead atoms. The van der Waals surface area contributed by atoms with E-state index in [-0.39, 0.29) is 47.9 Å². The van der Waals surface area contributed by atoms with Crippen LogP contribution in [0.3, 0.4) is 0 Å². The Morgan fingerprint density at radius 1 is 1.07 bits per heavy atom. The number of rotatable bonds is 10. The third-order valence-corrected chi connectivity index (χ3v) is 6.53. The average Bonchev–Trinajstić information content (AvgIpc) is 3.29. The number of para-hydroxylation sites is 1. The summed E-state index contributed by atoms with van der Waals surface area (Å²) in [6.07, 6.45) is 0.560. The van der Waals surface area contributed by atoms with Gasteiger partial charge in [-0.05, 0) is 50.2 Å². The third kappa shape index (κ3) is 6.52. The fourth-order valence-electron chi connectivity index (χ4n) is 4.14. The fraction of sp³-hybridized carbons (Fsp3) is 0.207. The van der Waals surface area contributed by atoms with E-state index >= 15 is 0 Å². The molecule has 0 atom stereocenters. The number of carbonyl (C=O) groups is 4. The predicted octanol–water partition coefficient (Wildman–Crippen LogP) is 4.45. The average molecular weight is 564 g/mol. The number of carbonyl (C=O) groups excluding carboxylic acids is 4. The Kier molecular flexibility index (Phi) is 8.90. The molecule has 0 aliphatic rings. The second-order valence-electron chi connectivity index (χ2n) is 9.32. The van der Waals surface area contributed by atoms with E-state index < -0.39 is 17.6 Å². The molecule has 0 saturated carbocycles. The second kappa shape index (κ2) is 12.5. The van der Waals surface area contributed by atoms with Crippen molar-refractivity contribution in [1.29, 1.82) is 0 Å². The van der Waals surface area contributed by atoms with E-state index in [1.165, 1.54) is 21.7 Å². The molecule has 11 heteroatoms. The summed E-state index contributed by atoms with van der Waals surface area (Å²) in [6, 6.07) is 17.9. The van der Waals surface area contributed by atoms with Crippen molar-refractivity contribution in [1.82, 2.24) is 20.0 Å². The molecule has 9 nitrogen and oxygen atoms in total. The van der Waals surface area contributed by atoms with Crippen molar-refractivity contribution in [3.8, 4) is 0 Å². The highest BCUT2D eigenvalue weighted by atomic mass is 35.5. The highest BCUT2D eigenvalue weighted by Gasteiger charge is 2.23. The standard InChI is InChI=1S/C29H27ClFN5O4/c1-18(2)35(15-26(38)32-14-20-7-6-10-23(30)28(20)31)27(39)16-36-25-12-11-19(13-22(25)24(17-37)34-36)29(40)33-21-8-4-3-5-9-21/h3-13,17-18H,14-16H2,1-2H3,(H,32,38)(H,33,40). The summed E-state index contributed by atoms with van der Waals surface area (Å²) in [7, 11) is 0. The number of anilines is 1. The van der Waals surface area contributed by atoms with Crippen molar-refractivity contribution in [2.45, 2.75) is 33.0 Å². The lowest BCUT2D eigenvalue weighted by Gasteiger charge is -2.26. The number of nitrogens with one attached hydrogen (secondary N) is 2. The van der Waals surface area contributed by atoms with E-state index in [0.717, 1.165) is 0 Å². The van der Waals surface area contributed by atoms with Gasteiger partial charge in [0.25, 0.3) is 5.91 Å². The number of hydrogen-bond donors (Lipinski definition) is 2. The normalized spacial score (nSPS) is 10.9. The molecule has 1 heterocycles. The zero-order valence-corrected chi connectivity index (χ0v) is 22.6. The Balaban J connectivity index is 1.47. The Labute approximate surface area is 234 Å². The van der Waals surface area contributed by atoms with E-state index in [4.69, 9.17) is 11.6 Å². The van der Waals surface area contributed by atoms with Crippen molar-refractivity contribution in [2.24, 2.45) is 0 Å². The molecule has 0 radical (unpaired) electrons. The quantitative estimate of drug-likeness (QED) is 0.277. The first-order chi connectivity index (χ1) is 19.2. The molecule has 0 fully saturated rings. The number of halogens is 2. The van der Waals surface area contributed by atoms with Gasteiger partial charge in [-0.25, -0.2) is 4.39 Å². The lowest BCUT2D eigenvalue weighted by molar-refractivity contribution is -0.138. The van der Waals surface area contributed by atoms with Crippen molar-refractivity contribution < 1.29 is 23.6 Å². The minimum Gasteiger partial charge on any atom is -0.350 e. The van der Waals surface area contributed by atoms with Crippen LogP contribution in [-0.4, -0.2) is 51.3 Å². The minimum atomic E-state index is -0.612. The van der Waals surface area contributed by atoms with E-state index in [1.807, 2.05) is 6.07 Å². The van der Waals surface area contributed by atoms with Crippen LogP contribution < -0.4 is 10.6 Å². The highest BCUT2D eigenvalue weighted by molar-refractivity contribution is 6.30. The van der Waals surface area contributed by atoms with Crippen molar-refractivity contribution in [3.05, 3.63) is 94.4 Å². The molecule has 4 rings (SSSR count). The summed E-state index contributed by atoms with van der Waals surface area (Å²) in [5.41, 5.74) is 1.73. The van der Waals surface area contributed by atoms with Crippen LogP contribution in [0.25, 0.3) is 10.9 Å². The molecule has 0 aliphatic heterocycles. The largest absolute Gasteiger partial charge is 0.350 e. The van der Waals surface area contributed by atoms with Gasteiger partial charge in [-0.15, -0.1) is 0 Å². The van der Waals surface area contributed by atoms with Gasteiger partial charge in [0.05, 0.1) is 17.1 Å². The summed E-state index contributed by atoms with van der Waals surface area (Å²) >= 11 is 5.79. The van der Waals surface area contributed by atoms with E-state index in [2.05, 4.69) is 15.7 Å². The molecule has 4 aromatic rings. The van der Waals surface area contributed by atoms with Gasteiger partial charge in [-0.3, -0.25) is 23.9 Å². The zero-order valence-electron chi connectivity index (χ0n) is 21.9. The fourth-order valence-corrected chi connectivity index (χ4v) is 4.34. The summed E-state index contributed by atoms with van der Waals surface area (Å²) < 4.78 is 15.5. The molecule has 40 heavy (non-hydrogen) atoms. The van der Waals surface area contributed by atoms with E-state index in [1.54, 1.807) is 62.4 Å². The van der Waals surface area contributed by atoms with Crippen LogP contribution in [0.15, 0.2) is 66.7 Å². The van der Waals surface area contributed by atoms with Crippen LogP contribution in [0.5, 0.6) is 0 Å². The molecular weight excluding hydrogens is 537 g/mol. The number of hydrogen-bond acceptors (Lipinski definition) is 5. The van der Waals surface area contributed by atoms with Crippen molar-refractivity contribution >= 4 is 52.2 Å². The van der Waals surface area contributed by atoms with Gasteiger partial charge in [0.2, 0.25) is 11.8 Å². The zero-order chi connectivity index (χ0) is 28.8. The molecule has 3 aromatic carbocycles. The maximum Gasteiger partial charge on any atom is 0.255 e. The molecule has 0 unspecified atom stereocenters. The number of fused-ring (bicyclic) bond motifs is 1. The lowest BCUT2D eigenvalue weighted by Crippen LogP contribution is -2.45. The van der Waals surface area contributed by atoms with Gasteiger partial charge < -0.3 is 15.5 Å². The Morgan fingerprint density at radius 2 is 1.82 bits per heavy atom.